The highest BCUT2D eigenvalue weighted by Crippen LogP contribution is 2.24. The Kier molecular flexibility index (Phi) is 4.87. The van der Waals surface area contributed by atoms with Gasteiger partial charge in [-0.2, -0.15) is 0 Å². The summed E-state index contributed by atoms with van der Waals surface area (Å²) in [6.45, 7) is 1.87. The molecule has 0 aliphatic carbocycles. The number of amides is 2. The van der Waals surface area contributed by atoms with Gasteiger partial charge in [0.25, 0.3) is 11.8 Å². The van der Waals surface area contributed by atoms with Crippen molar-refractivity contribution in [1.29, 1.82) is 0 Å². The van der Waals surface area contributed by atoms with Crippen molar-refractivity contribution < 1.29 is 14.0 Å². The van der Waals surface area contributed by atoms with Gasteiger partial charge in [0.15, 0.2) is 5.76 Å². The summed E-state index contributed by atoms with van der Waals surface area (Å²) >= 11 is 0. The summed E-state index contributed by atoms with van der Waals surface area (Å²) in [6, 6.07) is 22.4. The maximum absolute atomic E-state index is 13.1. The van der Waals surface area contributed by atoms with Crippen molar-refractivity contribution in [2.75, 3.05) is 17.3 Å². The molecule has 3 aromatic carbocycles. The first kappa shape index (κ1) is 18.5. The number of benzene rings is 3. The van der Waals surface area contributed by atoms with Gasteiger partial charge in [-0.1, -0.05) is 36.4 Å². The van der Waals surface area contributed by atoms with Crippen molar-refractivity contribution in [2.24, 2.45) is 0 Å². The van der Waals surface area contributed by atoms with Crippen LogP contribution in [0.15, 0.2) is 83.5 Å². The number of anilines is 2. The zero-order valence-corrected chi connectivity index (χ0v) is 16.2. The third kappa shape index (κ3) is 3.75. The highest BCUT2D eigenvalue weighted by atomic mass is 16.3. The number of furan rings is 1. The third-order valence-corrected chi connectivity index (χ3v) is 4.90. The van der Waals surface area contributed by atoms with E-state index >= 15 is 0 Å². The van der Waals surface area contributed by atoms with Crippen LogP contribution >= 0.6 is 0 Å². The molecule has 0 atom stereocenters. The molecule has 4 rings (SSSR count). The molecule has 1 N–H and O–H groups in total. The van der Waals surface area contributed by atoms with Crippen molar-refractivity contribution in [2.45, 2.75) is 6.92 Å². The van der Waals surface area contributed by atoms with Crippen LogP contribution in [-0.2, 0) is 0 Å². The molecule has 144 valence electrons. The molecule has 1 aromatic heterocycles. The Hall–Kier alpha value is -3.86. The average Bonchev–Trinajstić information content (AvgIpc) is 3.29. The molecule has 0 aliphatic rings. The molecule has 0 radical (unpaired) electrons. The van der Waals surface area contributed by atoms with Gasteiger partial charge in [0.1, 0.15) is 0 Å². The quantitative estimate of drug-likeness (QED) is 0.521. The number of carbonyl (C=O) groups is 2. The van der Waals surface area contributed by atoms with E-state index in [-0.39, 0.29) is 17.6 Å². The second-order valence-corrected chi connectivity index (χ2v) is 6.86. The monoisotopic (exact) mass is 384 g/mol. The zero-order valence-electron chi connectivity index (χ0n) is 16.2. The predicted molar refractivity (Wildman–Crippen MR) is 115 cm³/mol. The molecule has 0 aliphatic heterocycles. The number of fused-ring (bicyclic) bond motifs is 1. The fourth-order valence-electron chi connectivity index (χ4n) is 3.18. The molecule has 4 aromatic rings. The number of nitrogens with zero attached hydrogens (tertiary/aromatic N) is 1. The number of aryl methyl sites for hydroxylation is 1. The van der Waals surface area contributed by atoms with Crippen molar-refractivity contribution >= 4 is 34.0 Å². The predicted octanol–water partition coefficient (Wildman–Crippen LogP) is 5.27. The lowest BCUT2D eigenvalue weighted by Crippen LogP contribution is -2.26. The molecule has 0 spiro atoms. The normalized spacial score (nSPS) is 10.7. The van der Waals surface area contributed by atoms with Crippen molar-refractivity contribution in [3.05, 3.63) is 95.9 Å². The standard InChI is InChI=1S/C24H20N2O3/c1-16-9-10-19(15-21(16)25-23(27)22-8-5-13-29-22)24(28)26(2)20-12-11-17-6-3-4-7-18(17)14-20/h3-15H,1-2H3,(H,25,27). The number of carbonyl (C=O) groups excluding carboxylic acids is 2. The molecular formula is C24H20N2O3. The van der Waals surface area contributed by atoms with E-state index in [2.05, 4.69) is 5.32 Å². The van der Waals surface area contributed by atoms with E-state index in [1.165, 1.54) is 6.26 Å². The molecule has 0 unspecified atom stereocenters. The fraction of sp³-hybridized carbons (Fsp3) is 0.0833. The minimum absolute atomic E-state index is 0.159. The number of nitrogens with one attached hydrogen (secondary N) is 1. The summed E-state index contributed by atoms with van der Waals surface area (Å²) in [5.74, 6) is -0.297. The van der Waals surface area contributed by atoms with Gasteiger partial charge in [0.05, 0.1) is 6.26 Å². The second-order valence-electron chi connectivity index (χ2n) is 6.86. The molecule has 1 heterocycles. The van der Waals surface area contributed by atoms with Crippen LogP contribution in [0.4, 0.5) is 11.4 Å². The van der Waals surface area contributed by atoms with Gasteiger partial charge in [-0.15, -0.1) is 0 Å². The SMILES string of the molecule is Cc1ccc(C(=O)N(C)c2ccc3ccccc3c2)cc1NC(=O)c1ccco1. The van der Waals surface area contributed by atoms with Crippen LogP contribution in [0.5, 0.6) is 0 Å². The number of hydrogen-bond donors (Lipinski definition) is 1. The van der Waals surface area contributed by atoms with E-state index in [0.717, 1.165) is 22.0 Å². The van der Waals surface area contributed by atoms with Gasteiger partial charge in [0.2, 0.25) is 0 Å². The molecule has 29 heavy (non-hydrogen) atoms. The van der Waals surface area contributed by atoms with E-state index in [9.17, 15) is 9.59 Å². The summed E-state index contributed by atoms with van der Waals surface area (Å²) in [5.41, 5.74) is 2.72. The summed E-state index contributed by atoms with van der Waals surface area (Å²) in [4.78, 5) is 26.9. The van der Waals surface area contributed by atoms with Crippen LogP contribution in [0.1, 0.15) is 26.5 Å². The Morgan fingerprint density at radius 2 is 1.69 bits per heavy atom. The first-order valence-electron chi connectivity index (χ1n) is 9.25. The molecule has 0 saturated heterocycles. The number of hydrogen-bond acceptors (Lipinski definition) is 3. The van der Waals surface area contributed by atoms with Crippen molar-refractivity contribution in [3.63, 3.8) is 0 Å². The van der Waals surface area contributed by atoms with E-state index in [1.54, 1.807) is 36.2 Å². The largest absolute Gasteiger partial charge is 0.459 e. The third-order valence-electron chi connectivity index (χ3n) is 4.90. The van der Waals surface area contributed by atoms with Gasteiger partial charge in [-0.25, -0.2) is 0 Å². The Balaban J connectivity index is 1.59. The molecule has 0 bridgehead atoms. The topological polar surface area (TPSA) is 62.6 Å². The first-order chi connectivity index (χ1) is 14.0. The van der Waals surface area contributed by atoms with Gasteiger partial charge >= 0.3 is 0 Å². The maximum atomic E-state index is 13.1. The Morgan fingerprint density at radius 3 is 2.45 bits per heavy atom. The van der Waals surface area contributed by atoms with Gasteiger partial charge in [-0.05, 0) is 59.7 Å². The van der Waals surface area contributed by atoms with Crippen LogP contribution in [0.25, 0.3) is 10.8 Å². The number of rotatable bonds is 4. The van der Waals surface area contributed by atoms with E-state index in [0.29, 0.717) is 11.3 Å². The van der Waals surface area contributed by atoms with Crippen LogP contribution < -0.4 is 10.2 Å². The smallest absolute Gasteiger partial charge is 0.291 e. The lowest BCUT2D eigenvalue weighted by Gasteiger charge is -2.19. The fourth-order valence-corrected chi connectivity index (χ4v) is 3.18. The van der Waals surface area contributed by atoms with Crippen LogP contribution in [0.2, 0.25) is 0 Å². The molecule has 0 saturated carbocycles. The minimum atomic E-state index is -0.356. The molecule has 0 fully saturated rings. The van der Waals surface area contributed by atoms with Crippen LogP contribution in [0, 0.1) is 6.92 Å². The zero-order chi connectivity index (χ0) is 20.4. The maximum Gasteiger partial charge on any atom is 0.291 e. The Bertz CT molecular complexity index is 1200. The summed E-state index contributed by atoms with van der Waals surface area (Å²) in [7, 11) is 1.74. The van der Waals surface area contributed by atoms with E-state index < -0.39 is 0 Å². The van der Waals surface area contributed by atoms with E-state index in [1.807, 2.05) is 55.5 Å². The molecular weight excluding hydrogens is 364 g/mol. The highest BCUT2D eigenvalue weighted by molar-refractivity contribution is 6.08. The van der Waals surface area contributed by atoms with Crippen molar-refractivity contribution in [3.8, 4) is 0 Å². The molecule has 5 nitrogen and oxygen atoms in total. The Morgan fingerprint density at radius 1 is 0.897 bits per heavy atom. The second kappa shape index (κ2) is 7.64. The molecule has 2 amide bonds. The highest BCUT2D eigenvalue weighted by Gasteiger charge is 2.17. The minimum Gasteiger partial charge on any atom is -0.459 e. The van der Waals surface area contributed by atoms with Crippen LogP contribution in [0.3, 0.4) is 0 Å². The van der Waals surface area contributed by atoms with Gasteiger partial charge < -0.3 is 14.6 Å². The summed E-state index contributed by atoms with van der Waals surface area (Å²) < 4.78 is 5.13. The summed E-state index contributed by atoms with van der Waals surface area (Å²) in [5, 5.41) is 5.00. The lowest BCUT2D eigenvalue weighted by molar-refractivity contribution is 0.0985. The average molecular weight is 384 g/mol. The summed E-state index contributed by atoms with van der Waals surface area (Å²) in [6.07, 6.45) is 1.44. The molecule has 5 heteroatoms. The lowest BCUT2D eigenvalue weighted by atomic mass is 10.1. The van der Waals surface area contributed by atoms with E-state index in [4.69, 9.17) is 4.42 Å². The van der Waals surface area contributed by atoms with Gasteiger partial charge in [-0.3, -0.25) is 9.59 Å². The first-order valence-corrected chi connectivity index (χ1v) is 9.25. The Labute approximate surface area is 168 Å². The van der Waals surface area contributed by atoms with Crippen LogP contribution in [-0.4, -0.2) is 18.9 Å². The van der Waals surface area contributed by atoms with Gasteiger partial charge in [0, 0.05) is 24.0 Å². The van der Waals surface area contributed by atoms with Crippen molar-refractivity contribution in [1.82, 2.24) is 0 Å².